The normalized spacial score (nSPS) is 10.0. The maximum Gasteiger partial charge on any atom is 0.255 e. The van der Waals surface area contributed by atoms with Crippen molar-refractivity contribution < 1.29 is 4.79 Å². The van der Waals surface area contributed by atoms with Gasteiger partial charge in [0.2, 0.25) is 0 Å². The van der Waals surface area contributed by atoms with Crippen molar-refractivity contribution in [2.45, 2.75) is 13.5 Å². The van der Waals surface area contributed by atoms with Crippen LogP contribution in [-0.4, -0.2) is 15.9 Å². The zero-order valence-corrected chi connectivity index (χ0v) is 10.6. The monoisotopic (exact) mass is 257 g/mol. The molecule has 1 amide bonds. The molecule has 0 aliphatic carbocycles. The molecule has 0 atom stereocenters. The number of anilines is 1. The van der Waals surface area contributed by atoms with Crippen LogP contribution in [0, 0.1) is 6.92 Å². The van der Waals surface area contributed by atoms with Crippen LogP contribution in [0.3, 0.4) is 0 Å². The second kappa shape index (κ2) is 5.92. The van der Waals surface area contributed by atoms with Crippen LogP contribution in [0.5, 0.6) is 0 Å². The van der Waals surface area contributed by atoms with E-state index in [2.05, 4.69) is 20.7 Å². The van der Waals surface area contributed by atoms with E-state index >= 15 is 0 Å². The van der Waals surface area contributed by atoms with Crippen molar-refractivity contribution in [3.05, 3.63) is 53.6 Å². The smallest absolute Gasteiger partial charge is 0.255 e. The van der Waals surface area contributed by atoms with Gasteiger partial charge < -0.3 is 10.7 Å². The average molecular weight is 257 g/mol. The number of nitrogen functional groups attached to an aromatic ring is 1. The van der Waals surface area contributed by atoms with Gasteiger partial charge in [-0.15, -0.1) is 0 Å². The summed E-state index contributed by atoms with van der Waals surface area (Å²) in [6.07, 6.45) is 4.89. The van der Waals surface area contributed by atoms with E-state index in [1.165, 1.54) is 6.20 Å². The van der Waals surface area contributed by atoms with Crippen LogP contribution in [0.25, 0.3) is 0 Å². The zero-order valence-electron chi connectivity index (χ0n) is 10.6. The van der Waals surface area contributed by atoms with E-state index < -0.39 is 0 Å². The number of nitrogens with two attached hydrogens (primary N) is 1. The van der Waals surface area contributed by atoms with Crippen LogP contribution >= 0.6 is 0 Å². The molecular weight excluding hydrogens is 242 g/mol. The van der Waals surface area contributed by atoms with Gasteiger partial charge in [0.15, 0.2) is 0 Å². The van der Waals surface area contributed by atoms with E-state index in [9.17, 15) is 4.79 Å². The highest BCUT2D eigenvalue weighted by Gasteiger charge is 2.11. The van der Waals surface area contributed by atoms with Crippen molar-refractivity contribution in [3.8, 4) is 0 Å². The number of pyridine rings is 2. The Kier molecular flexibility index (Phi) is 4.04. The highest BCUT2D eigenvalue weighted by molar-refractivity contribution is 5.99. The van der Waals surface area contributed by atoms with Crippen LogP contribution in [0.4, 0.5) is 5.69 Å². The molecule has 2 aromatic rings. The molecule has 0 fully saturated rings. The fourth-order valence-corrected chi connectivity index (χ4v) is 1.64. The Hall–Kier alpha value is -2.47. The fourth-order valence-electron chi connectivity index (χ4n) is 1.64. The third kappa shape index (κ3) is 3.26. The van der Waals surface area contributed by atoms with Gasteiger partial charge in [0.1, 0.15) is 0 Å². The van der Waals surface area contributed by atoms with Gasteiger partial charge in [-0.3, -0.25) is 20.6 Å². The van der Waals surface area contributed by atoms with Gasteiger partial charge in [0.25, 0.3) is 5.91 Å². The van der Waals surface area contributed by atoms with Crippen molar-refractivity contribution in [3.63, 3.8) is 0 Å². The summed E-state index contributed by atoms with van der Waals surface area (Å²) >= 11 is 0. The number of aryl methyl sites for hydroxylation is 1. The Bertz CT molecular complexity index is 571. The molecule has 0 unspecified atom stereocenters. The Morgan fingerprint density at radius 3 is 2.95 bits per heavy atom. The minimum Gasteiger partial charge on any atom is -0.348 e. The summed E-state index contributed by atoms with van der Waals surface area (Å²) in [6, 6.07) is 5.43. The topological polar surface area (TPSA) is 92.9 Å². The number of nitrogens with zero attached hydrogens (tertiary/aromatic N) is 2. The predicted octanol–water partition coefficient (Wildman–Crippen LogP) is 1.00. The molecule has 0 spiro atoms. The summed E-state index contributed by atoms with van der Waals surface area (Å²) in [6.45, 7) is 2.24. The molecule has 0 saturated heterocycles. The molecular formula is C13H15N5O. The molecule has 2 heterocycles. The number of carbonyl (C=O) groups is 1. The lowest BCUT2D eigenvalue weighted by molar-refractivity contribution is 0.0951. The van der Waals surface area contributed by atoms with Crippen LogP contribution in [-0.2, 0) is 6.54 Å². The lowest BCUT2D eigenvalue weighted by Crippen LogP contribution is -2.25. The number of hydrazine groups is 1. The number of nitrogens with one attached hydrogen (secondary N) is 2. The van der Waals surface area contributed by atoms with Gasteiger partial charge in [0, 0.05) is 30.8 Å². The summed E-state index contributed by atoms with van der Waals surface area (Å²) in [5.41, 5.74) is 5.19. The molecule has 0 aliphatic rings. The summed E-state index contributed by atoms with van der Waals surface area (Å²) < 4.78 is 0. The average Bonchev–Trinajstić information content (AvgIpc) is 2.45. The van der Waals surface area contributed by atoms with Crippen LogP contribution in [0.1, 0.15) is 21.6 Å². The van der Waals surface area contributed by atoms with Crippen molar-refractivity contribution in [2.75, 3.05) is 5.43 Å². The number of carbonyl (C=O) groups excluding carboxylic acids is 1. The zero-order chi connectivity index (χ0) is 13.7. The van der Waals surface area contributed by atoms with Crippen LogP contribution in [0.15, 0.2) is 36.8 Å². The Balaban J connectivity index is 2.08. The third-order valence-corrected chi connectivity index (χ3v) is 2.62. The van der Waals surface area contributed by atoms with Crippen molar-refractivity contribution in [1.29, 1.82) is 0 Å². The van der Waals surface area contributed by atoms with E-state index in [0.717, 1.165) is 11.3 Å². The molecule has 0 radical (unpaired) electrons. The first-order chi connectivity index (χ1) is 9.20. The second-order valence-corrected chi connectivity index (χ2v) is 4.06. The quantitative estimate of drug-likeness (QED) is 0.561. The van der Waals surface area contributed by atoms with E-state index in [-0.39, 0.29) is 5.91 Å². The number of aromatic nitrogens is 2. The lowest BCUT2D eigenvalue weighted by Gasteiger charge is -2.09. The molecule has 0 bridgehead atoms. The molecule has 0 aromatic carbocycles. The van der Waals surface area contributed by atoms with Gasteiger partial charge in [0.05, 0.1) is 11.3 Å². The Labute approximate surface area is 111 Å². The molecule has 2 aromatic heterocycles. The first kappa shape index (κ1) is 13.0. The summed E-state index contributed by atoms with van der Waals surface area (Å²) in [5.74, 6) is 5.16. The minimum absolute atomic E-state index is 0.232. The summed E-state index contributed by atoms with van der Waals surface area (Å²) in [5, 5.41) is 2.79. The van der Waals surface area contributed by atoms with Crippen molar-refractivity contribution in [1.82, 2.24) is 15.3 Å². The molecule has 0 saturated carbocycles. The lowest BCUT2D eigenvalue weighted by atomic mass is 10.2. The standard InChI is InChI=1S/C13H15N5O/c1-9-5-12(18-14)11(8-16-9)13(19)17-7-10-3-2-4-15-6-10/h2-6,8H,7,14H2,1H3,(H,16,18)(H,17,19). The van der Waals surface area contributed by atoms with E-state index in [4.69, 9.17) is 5.84 Å². The van der Waals surface area contributed by atoms with Crippen molar-refractivity contribution in [2.24, 2.45) is 5.84 Å². The molecule has 6 nitrogen and oxygen atoms in total. The first-order valence-corrected chi connectivity index (χ1v) is 5.81. The molecule has 19 heavy (non-hydrogen) atoms. The van der Waals surface area contributed by atoms with Gasteiger partial charge >= 0.3 is 0 Å². The molecule has 2 rings (SSSR count). The van der Waals surface area contributed by atoms with E-state index in [1.54, 1.807) is 18.5 Å². The number of amides is 1. The summed E-state index contributed by atoms with van der Waals surface area (Å²) in [7, 11) is 0. The SMILES string of the molecule is Cc1cc(NN)c(C(=O)NCc2cccnc2)cn1. The summed E-state index contributed by atoms with van der Waals surface area (Å²) in [4.78, 5) is 20.1. The largest absolute Gasteiger partial charge is 0.348 e. The molecule has 4 N–H and O–H groups in total. The first-order valence-electron chi connectivity index (χ1n) is 5.81. The van der Waals surface area contributed by atoms with Gasteiger partial charge in [-0.2, -0.15) is 0 Å². The van der Waals surface area contributed by atoms with Gasteiger partial charge in [-0.25, -0.2) is 0 Å². The second-order valence-electron chi connectivity index (χ2n) is 4.06. The fraction of sp³-hybridized carbons (Fsp3) is 0.154. The highest BCUT2D eigenvalue weighted by atomic mass is 16.1. The molecule has 6 heteroatoms. The number of hydrogen-bond donors (Lipinski definition) is 3. The van der Waals surface area contributed by atoms with E-state index in [1.807, 2.05) is 19.1 Å². The minimum atomic E-state index is -0.232. The van der Waals surface area contributed by atoms with Crippen molar-refractivity contribution >= 4 is 11.6 Å². The third-order valence-electron chi connectivity index (χ3n) is 2.62. The number of hydrogen-bond acceptors (Lipinski definition) is 5. The maximum atomic E-state index is 12.0. The molecule has 0 aliphatic heterocycles. The maximum absolute atomic E-state index is 12.0. The van der Waals surface area contributed by atoms with Gasteiger partial charge in [-0.05, 0) is 24.6 Å². The number of rotatable bonds is 4. The Morgan fingerprint density at radius 2 is 2.26 bits per heavy atom. The van der Waals surface area contributed by atoms with Gasteiger partial charge in [-0.1, -0.05) is 6.07 Å². The molecule has 98 valence electrons. The van der Waals surface area contributed by atoms with Crippen LogP contribution in [0.2, 0.25) is 0 Å². The predicted molar refractivity (Wildman–Crippen MR) is 72.2 cm³/mol. The highest BCUT2D eigenvalue weighted by Crippen LogP contribution is 2.14. The Morgan fingerprint density at radius 1 is 1.42 bits per heavy atom. The van der Waals surface area contributed by atoms with E-state index in [0.29, 0.717) is 17.8 Å². The van der Waals surface area contributed by atoms with Crippen LogP contribution < -0.4 is 16.6 Å².